The molecule has 0 saturated heterocycles. The fourth-order valence-corrected chi connectivity index (χ4v) is 3.55. The molecule has 1 aliphatic rings. The minimum Gasteiger partial charge on any atom is -0.326 e. The molecule has 2 amide bonds. The fraction of sp³-hybridized carbons (Fsp3) is 0.222. The number of fused-ring (bicyclic) bond motifs is 1. The number of benzene rings is 2. The van der Waals surface area contributed by atoms with Crippen molar-refractivity contribution in [3.8, 4) is 0 Å². The van der Waals surface area contributed by atoms with Crippen LogP contribution in [-0.2, 0) is 27.7 Å². The maximum absolute atomic E-state index is 12.4. The van der Waals surface area contributed by atoms with Crippen LogP contribution in [0.2, 0.25) is 0 Å². The van der Waals surface area contributed by atoms with Gasteiger partial charge in [-0.25, -0.2) is 8.42 Å². The van der Waals surface area contributed by atoms with Gasteiger partial charge in [-0.15, -0.1) is 4.83 Å². The maximum Gasteiger partial charge on any atom is 0.266 e. The Morgan fingerprint density at radius 1 is 1.12 bits per heavy atom. The van der Waals surface area contributed by atoms with Gasteiger partial charge in [0, 0.05) is 17.7 Å². The highest BCUT2D eigenvalue weighted by Gasteiger charge is 2.20. The molecule has 3 rings (SSSR count). The van der Waals surface area contributed by atoms with E-state index in [0.717, 1.165) is 17.5 Å². The molecule has 0 aliphatic carbocycles. The zero-order chi connectivity index (χ0) is 18.7. The highest BCUT2D eigenvalue weighted by atomic mass is 32.2. The number of hydrogen-bond donors (Lipinski definition) is 3. The van der Waals surface area contributed by atoms with Crippen LogP contribution >= 0.6 is 0 Å². The van der Waals surface area contributed by atoms with Crippen LogP contribution in [0.25, 0.3) is 0 Å². The smallest absolute Gasteiger partial charge is 0.266 e. The SMILES string of the molecule is CCc1ccc(C(=O)NNS(=O)(=O)c2ccc3c(c2)CCC(=O)N3)cc1. The van der Waals surface area contributed by atoms with Crippen molar-refractivity contribution in [2.45, 2.75) is 31.1 Å². The molecular weight excluding hydrogens is 354 g/mol. The van der Waals surface area contributed by atoms with Crippen molar-refractivity contribution in [3.05, 3.63) is 59.2 Å². The summed E-state index contributed by atoms with van der Waals surface area (Å²) in [5.41, 5.74) is 5.02. The van der Waals surface area contributed by atoms with Crippen molar-refractivity contribution in [2.24, 2.45) is 0 Å². The van der Waals surface area contributed by atoms with Gasteiger partial charge in [0.15, 0.2) is 0 Å². The van der Waals surface area contributed by atoms with Crippen LogP contribution in [0.3, 0.4) is 0 Å². The van der Waals surface area contributed by atoms with Crippen LogP contribution < -0.4 is 15.6 Å². The lowest BCUT2D eigenvalue weighted by Gasteiger charge is -2.17. The first kappa shape index (κ1) is 18.1. The molecule has 0 spiro atoms. The van der Waals surface area contributed by atoms with Gasteiger partial charge in [0.25, 0.3) is 15.9 Å². The molecule has 0 fully saturated rings. The number of sulfonamides is 1. The number of rotatable bonds is 5. The van der Waals surface area contributed by atoms with E-state index in [0.29, 0.717) is 24.1 Å². The number of hydrazine groups is 1. The Morgan fingerprint density at radius 3 is 2.54 bits per heavy atom. The van der Waals surface area contributed by atoms with E-state index < -0.39 is 15.9 Å². The van der Waals surface area contributed by atoms with Gasteiger partial charge in [-0.2, -0.15) is 0 Å². The average Bonchev–Trinajstić information content (AvgIpc) is 2.65. The Labute approximate surface area is 151 Å². The highest BCUT2D eigenvalue weighted by Crippen LogP contribution is 2.25. The molecule has 1 aliphatic heterocycles. The minimum atomic E-state index is -3.92. The summed E-state index contributed by atoms with van der Waals surface area (Å²) in [5.74, 6) is -0.631. The summed E-state index contributed by atoms with van der Waals surface area (Å²) in [7, 11) is -3.92. The molecule has 0 atom stereocenters. The number of amides is 2. The van der Waals surface area contributed by atoms with Crippen molar-refractivity contribution < 1.29 is 18.0 Å². The third-order valence-corrected chi connectivity index (χ3v) is 5.45. The number of aryl methyl sites for hydroxylation is 2. The van der Waals surface area contributed by atoms with Crippen LogP contribution in [0.4, 0.5) is 5.69 Å². The lowest BCUT2D eigenvalue weighted by molar-refractivity contribution is -0.116. The molecule has 2 aromatic rings. The molecule has 0 unspecified atom stereocenters. The van der Waals surface area contributed by atoms with E-state index in [-0.39, 0.29) is 10.8 Å². The molecule has 1 heterocycles. The zero-order valence-corrected chi connectivity index (χ0v) is 15.0. The van der Waals surface area contributed by atoms with Crippen LogP contribution in [0.1, 0.15) is 34.8 Å². The number of anilines is 1. The number of nitrogens with one attached hydrogen (secondary N) is 3. The Bertz CT molecular complexity index is 953. The summed E-state index contributed by atoms with van der Waals surface area (Å²) < 4.78 is 24.8. The normalized spacial score (nSPS) is 13.7. The highest BCUT2D eigenvalue weighted by molar-refractivity contribution is 7.89. The summed E-state index contributed by atoms with van der Waals surface area (Å²) >= 11 is 0. The van der Waals surface area contributed by atoms with Crippen molar-refractivity contribution >= 4 is 27.5 Å². The molecule has 136 valence electrons. The summed E-state index contributed by atoms with van der Waals surface area (Å²) in [5, 5.41) is 2.70. The summed E-state index contributed by atoms with van der Waals surface area (Å²) in [6.07, 6.45) is 1.64. The third-order valence-electron chi connectivity index (χ3n) is 4.21. The predicted octanol–water partition coefficient (Wildman–Crippen LogP) is 1.76. The Kier molecular flexibility index (Phi) is 5.06. The fourth-order valence-electron chi connectivity index (χ4n) is 2.66. The first-order valence-electron chi connectivity index (χ1n) is 8.23. The second-order valence-corrected chi connectivity index (χ2v) is 7.66. The molecule has 0 saturated carbocycles. The van der Waals surface area contributed by atoms with Gasteiger partial charge in [-0.1, -0.05) is 19.1 Å². The van der Waals surface area contributed by atoms with E-state index in [1.54, 1.807) is 18.2 Å². The van der Waals surface area contributed by atoms with Crippen LogP contribution in [0.15, 0.2) is 47.4 Å². The van der Waals surface area contributed by atoms with Crippen LogP contribution in [-0.4, -0.2) is 20.2 Å². The number of carbonyl (C=O) groups is 2. The molecular formula is C18H19N3O4S. The van der Waals surface area contributed by atoms with Crippen molar-refractivity contribution in [3.63, 3.8) is 0 Å². The Hall–Kier alpha value is -2.71. The topological polar surface area (TPSA) is 104 Å². The lowest BCUT2D eigenvalue weighted by atomic mass is 10.0. The summed E-state index contributed by atoms with van der Waals surface area (Å²) in [6.45, 7) is 2.01. The molecule has 8 heteroatoms. The van der Waals surface area contributed by atoms with Gasteiger partial charge in [-0.05, 0) is 54.3 Å². The summed E-state index contributed by atoms with van der Waals surface area (Å²) in [4.78, 5) is 25.6. The van der Waals surface area contributed by atoms with Gasteiger partial charge < -0.3 is 5.32 Å². The largest absolute Gasteiger partial charge is 0.326 e. The van der Waals surface area contributed by atoms with Crippen LogP contribution in [0, 0.1) is 0 Å². The zero-order valence-electron chi connectivity index (χ0n) is 14.2. The maximum atomic E-state index is 12.4. The van der Waals surface area contributed by atoms with Gasteiger partial charge in [0.1, 0.15) is 0 Å². The van der Waals surface area contributed by atoms with E-state index in [4.69, 9.17) is 0 Å². The van der Waals surface area contributed by atoms with Gasteiger partial charge >= 0.3 is 0 Å². The van der Waals surface area contributed by atoms with Crippen molar-refractivity contribution in [2.75, 3.05) is 5.32 Å². The number of hydrogen-bond acceptors (Lipinski definition) is 4. The molecule has 2 aromatic carbocycles. The Morgan fingerprint density at radius 2 is 1.85 bits per heavy atom. The van der Waals surface area contributed by atoms with Crippen molar-refractivity contribution in [1.29, 1.82) is 0 Å². The van der Waals surface area contributed by atoms with Gasteiger partial charge in [0.05, 0.1) is 4.90 Å². The molecule has 0 radical (unpaired) electrons. The molecule has 0 bridgehead atoms. The Balaban J connectivity index is 1.70. The average molecular weight is 373 g/mol. The van der Waals surface area contributed by atoms with Gasteiger partial charge in [-0.3, -0.25) is 15.0 Å². The van der Waals surface area contributed by atoms with Crippen LogP contribution in [0.5, 0.6) is 0 Å². The van der Waals surface area contributed by atoms with E-state index in [1.165, 1.54) is 12.1 Å². The molecule has 3 N–H and O–H groups in total. The van der Waals surface area contributed by atoms with Crippen molar-refractivity contribution in [1.82, 2.24) is 10.3 Å². The number of carbonyl (C=O) groups excluding carboxylic acids is 2. The monoisotopic (exact) mass is 373 g/mol. The standard InChI is InChI=1S/C18H19N3O4S/c1-2-12-3-5-13(6-4-12)18(23)20-21-26(24,25)15-8-9-16-14(11-15)7-10-17(22)19-16/h3-6,8-9,11,21H,2,7,10H2,1H3,(H,19,22)(H,20,23). The van der Waals surface area contributed by atoms with Gasteiger partial charge in [0.2, 0.25) is 5.91 Å². The quantitative estimate of drug-likeness (QED) is 0.695. The van der Waals surface area contributed by atoms with E-state index in [9.17, 15) is 18.0 Å². The van der Waals surface area contributed by atoms with E-state index in [1.807, 2.05) is 19.1 Å². The minimum absolute atomic E-state index is 0.0222. The third kappa shape index (κ3) is 3.92. The molecule has 26 heavy (non-hydrogen) atoms. The second kappa shape index (κ2) is 7.27. The summed E-state index contributed by atoms with van der Waals surface area (Å²) in [6, 6.07) is 11.4. The first-order chi connectivity index (χ1) is 12.4. The first-order valence-corrected chi connectivity index (χ1v) is 9.71. The van der Waals surface area contributed by atoms with E-state index >= 15 is 0 Å². The van der Waals surface area contributed by atoms with E-state index in [2.05, 4.69) is 15.6 Å². The molecule has 7 nitrogen and oxygen atoms in total. The molecule has 0 aromatic heterocycles. The predicted molar refractivity (Wildman–Crippen MR) is 97.0 cm³/mol. The lowest BCUT2D eigenvalue weighted by Crippen LogP contribution is -2.41. The second-order valence-electron chi connectivity index (χ2n) is 5.98.